The Morgan fingerprint density at radius 3 is 2.62 bits per heavy atom. The number of allylic oxidation sites excluding steroid dienone is 7. The minimum atomic E-state index is -0.177. The summed E-state index contributed by atoms with van der Waals surface area (Å²) in [6, 6.07) is 10.2. The second kappa shape index (κ2) is 15.8. The number of nitrogens with zero attached hydrogens (tertiary/aromatic N) is 3. The molecule has 3 atom stereocenters. The molecule has 1 heterocycles. The predicted octanol–water partition coefficient (Wildman–Crippen LogP) is 7.10. The van der Waals surface area contributed by atoms with Crippen molar-refractivity contribution >= 4 is 5.91 Å². The molecule has 214 valence electrons. The molecule has 0 spiro atoms. The highest BCUT2D eigenvalue weighted by Gasteiger charge is 2.30. The number of carbonyl (C=O) groups excluding carboxylic acids is 1. The van der Waals surface area contributed by atoms with Crippen LogP contribution in [-0.4, -0.2) is 45.8 Å². The molecule has 1 amide bonds. The highest BCUT2D eigenvalue weighted by Crippen LogP contribution is 2.32. The van der Waals surface area contributed by atoms with Crippen LogP contribution in [0.1, 0.15) is 67.4 Å². The lowest BCUT2D eigenvalue weighted by Gasteiger charge is -2.29. The van der Waals surface area contributed by atoms with Crippen molar-refractivity contribution in [2.24, 2.45) is 5.92 Å². The third kappa shape index (κ3) is 8.18. The van der Waals surface area contributed by atoms with Gasteiger partial charge in [0.25, 0.3) is 0 Å². The Kier molecular flexibility index (Phi) is 12.2. The Hall–Kier alpha value is -3.64. The maximum atomic E-state index is 13.6. The molecule has 6 heteroatoms. The van der Waals surface area contributed by atoms with Gasteiger partial charge >= 0.3 is 0 Å². The van der Waals surface area contributed by atoms with E-state index in [1.807, 2.05) is 48.5 Å². The van der Waals surface area contributed by atoms with E-state index in [9.17, 15) is 9.90 Å². The van der Waals surface area contributed by atoms with Gasteiger partial charge in [0.2, 0.25) is 5.91 Å². The van der Waals surface area contributed by atoms with E-state index in [0.717, 1.165) is 61.9 Å². The van der Waals surface area contributed by atoms with Crippen LogP contribution in [0.4, 0.5) is 0 Å². The number of nitrogens with one attached hydrogen (secondary N) is 1. The highest BCUT2D eigenvalue weighted by molar-refractivity contribution is 5.84. The molecule has 4 rings (SSSR count). The SMILES string of the molecule is C=C.Cc1cnn(C(CCC2=C(O)C=CCC2)NCCCN(C)C(=O)C(c2ccccc2)C2C=CC=CC2)c1C. The molecule has 6 nitrogen and oxygen atoms in total. The van der Waals surface area contributed by atoms with Crippen LogP contribution in [0.3, 0.4) is 0 Å². The Bertz CT molecular complexity index is 1210. The summed E-state index contributed by atoms with van der Waals surface area (Å²) in [5.74, 6) is 0.582. The van der Waals surface area contributed by atoms with Crippen molar-refractivity contribution in [2.75, 3.05) is 20.1 Å². The maximum absolute atomic E-state index is 13.6. The molecule has 40 heavy (non-hydrogen) atoms. The number of carbonyl (C=O) groups is 1. The molecule has 2 aliphatic carbocycles. The van der Waals surface area contributed by atoms with Crippen molar-refractivity contribution in [2.45, 2.75) is 64.5 Å². The molecule has 0 saturated carbocycles. The number of benzene rings is 1. The average molecular weight is 543 g/mol. The molecule has 1 aromatic heterocycles. The summed E-state index contributed by atoms with van der Waals surface area (Å²) >= 11 is 0. The first-order valence-electron chi connectivity index (χ1n) is 14.4. The van der Waals surface area contributed by atoms with Gasteiger partial charge < -0.3 is 10.0 Å². The van der Waals surface area contributed by atoms with Crippen LogP contribution in [-0.2, 0) is 4.79 Å². The zero-order chi connectivity index (χ0) is 28.9. The van der Waals surface area contributed by atoms with E-state index in [-0.39, 0.29) is 23.9 Å². The summed E-state index contributed by atoms with van der Waals surface area (Å²) in [4.78, 5) is 15.5. The first-order chi connectivity index (χ1) is 19.5. The van der Waals surface area contributed by atoms with Gasteiger partial charge in [0, 0.05) is 19.3 Å². The van der Waals surface area contributed by atoms with E-state index in [4.69, 9.17) is 0 Å². The number of aliphatic hydroxyl groups is 1. The standard InChI is InChI=1S/C32H42N4O2.C2H4/c1-24-23-34-36(25(24)2)30(20-19-26-13-10-11-18-29(26)37)33-21-12-22-35(3)32(38)31(27-14-6-4-7-15-27)28-16-8-5-9-17-28;1-2/h4-9,11,14-16,18,23,28,30-31,33,37H,10,12-13,17,19-22H2,1-3H3;1-2H2. The van der Waals surface area contributed by atoms with Crippen molar-refractivity contribution < 1.29 is 9.90 Å². The molecule has 2 N–H and O–H groups in total. The van der Waals surface area contributed by atoms with Crippen LogP contribution in [0.5, 0.6) is 0 Å². The summed E-state index contributed by atoms with van der Waals surface area (Å²) in [6.45, 7) is 11.6. The second-order valence-corrected chi connectivity index (χ2v) is 10.5. The molecule has 3 unspecified atom stereocenters. The van der Waals surface area contributed by atoms with Gasteiger partial charge in [-0.1, -0.05) is 60.7 Å². The molecule has 1 aromatic carbocycles. The molecule has 2 aliphatic rings. The van der Waals surface area contributed by atoms with Crippen LogP contribution in [0.25, 0.3) is 0 Å². The van der Waals surface area contributed by atoms with Crippen molar-refractivity contribution in [1.29, 1.82) is 0 Å². The normalized spacial score (nSPS) is 17.7. The molecule has 0 radical (unpaired) electrons. The summed E-state index contributed by atoms with van der Waals surface area (Å²) in [6.07, 6.45) is 19.5. The van der Waals surface area contributed by atoms with E-state index in [0.29, 0.717) is 12.3 Å². The average Bonchev–Trinajstić information content (AvgIpc) is 3.33. The number of hydrogen-bond acceptors (Lipinski definition) is 4. The van der Waals surface area contributed by atoms with Gasteiger partial charge in [0.1, 0.15) is 11.9 Å². The summed E-state index contributed by atoms with van der Waals surface area (Å²) < 4.78 is 2.06. The maximum Gasteiger partial charge on any atom is 0.230 e. The fraction of sp³-hybridized carbons (Fsp3) is 0.412. The summed E-state index contributed by atoms with van der Waals surface area (Å²) in [5, 5.41) is 18.6. The first-order valence-corrected chi connectivity index (χ1v) is 14.4. The van der Waals surface area contributed by atoms with Crippen molar-refractivity contribution in [3.05, 3.63) is 114 Å². The number of aryl methyl sites for hydroxylation is 1. The predicted molar refractivity (Wildman–Crippen MR) is 165 cm³/mol. The highest BCUT2D eigenvalue weighted by atomic mass is 16.3. The Morgan fingerprint density at radius 2 is 1.98 bits per heavy atom. The quantitative estimate of drug-likeness (QED) is 0.222. The van der Waals surface area contributed by atoms with E-state index in [2.05, 4.69) is 78.5 Å². The minimum Gasteiger partial charge on any atom is -0.508 e. The van der Waals surface area contributed by atoms with Crippen molar-refractivity contribution in [3.63, 3.8) is 0 Å². The van der Waals surface area contributed by atoms with Gasteiger partial charge in [-0.15, -0.1) is 13.2 Å². The number of likely N-dealkylation sites (N-methyl/N-ethyl adjacent to an activating group) is 1. The zero-order valence-corrected chi connectivity index (χ0v) is 24.4. The zero-order valence-electron chi connectivity index (χ0n) is 24.4. The summed E-state index contributed by atoms with van der Waals surface area (Å²) in [7, 11) is 1.92. The number of rotatable bonds is 12. The van der Waals surface area contributed by atoms with E-state index < -0.39 is 0 Å². The van der Waals surface area contributed by atoms with Gasteiger partial charge in [-0.25, -0.2) is 0 Å². The van der Waals surface area contributed by atoms with Gasteiger partial charge in [0.05, 0.1) is 12.1 Å². The Balaban J connectivity index is 0.00000216. The van der Waals surface area contributed by atoms with Gasteiger partial charge in [-0.05, 0) is 87.6 Å². The second-order valence-electron chi connectivity index (χ2n) is 10.5. The monoisotopic (exact) mass is 542 g/mol. The smallest absolute Gasteiger partial charge is 0.230 e. The molecule has 0 bridgehead atoms. The first kappa shape index (κ1) is 30.9. The van der Waals surface area contributed by atoms with E-state index in [1.165, 1.54) is 5.56 Å². The molecule has 0 aliphatic heterocycles. The fourth-order valence-corrected chi connectivity index (χ4v) is 5.41. The third-order valence-corrected chi connectivity index (χ3v) is 7.85. The lowest BCUT2D eigenvalue weighted by Crippen LogP contribution is -2.37. The molecular weight excluding hydrogens is 496 g/mol. The van der Waals surface area contributed by atoms with Crippen molar-refractivity contribution in [1.82, 2.24) is 20.0 Å². The molecule has 2 aromatic rings. The van der Waals surface area contributed by atoms with E-state index in [1.54, 1.807) is 0 Å². The molecule has 0 saturated heterocycles. The van der Waals surface area contributed by atoms with Crippen LogP contribution >= 0.6 is 0 Å². The number of aliphatic hydroxyl groups excluding tert-OH is 1. The van der Waals surface area contributed by atoms with Gasteiger partial charge in [-0.3, -0.25) is 14.8 Å². The van der Waals surface area contributed by atoms with E-state index >= 15 is 0 Å². The lowest BCUT2D eigenvalue weighted by molar-refractivity contribution is -0.132. The fourth-order valence-electron chi connectivity index (χ4n) is 5.41. The summed E-state index contributed by atoms with van der Waals surface area (Å²) in [5.41, 5.74) is 4.51. The van der Waals surface area contributed by atoms with Gasteiger partial charge in [-0.2, -0.15) is 5.10 Å². The minimum absolute atomic E-state index is 0.0344. The van der Waals surface area contributed by atoms with Crippen LogP contribution in [0.15, 0.2) is 97.5 Å². The largest absolute Gasteiger partial charge is 0.508 e. The number of amides is 1. The Morgan fingerprint density at radius 1 is 1.20 bits per heavy atom. The molecule has 0 fully saturated rings. The third-order valence-electron chi connectivity index (χ3n) is 7.85. The lowest BCUT2D eigenvalue weighted by atomic mass is 9.81. The number of hydrogen-bond donors (Lipinski definition) is 2. The van der Waals surface area contributed by atoms with Crippen LogP contribution in [0.2, 0.25) is 0 Å². The number of aromatic nitrogens is 2. The Labute approximate surface area is 240 Å². The van der Waals surface area contributed by atoms with Gasteiger partial charge in [0.15, 0.2) is 0 Å². The van der Waals surface area contributed by atoms with Crippen LogP contribution < -0.4 is 5.32 Å². The topological polar surface area (TPSA) is 70.4 Å². The molecular formula is C34H46N4O2. The van der Waals surface area contributed by atoms with Crippen molar-refractivity contribution in [3.8, 4) is 0 Å². The van der Waals surface area contributed by atoms with Crippen LogP contribution in [0, 0.1) is 19.8 Å².